The Hall–Kier alpha value is -4.01. The number of methoxy groups -OCH3 is 3. The summed E-state index contributed by atoms with van der Waals surface area (Å²) in [6.07, 6.45) is 1.69. The summed E-state index contributed by atoms with van der Waals surface area (Å²) >= 11 is 0. The van der Waals surface area contributed by atoms with Crippen LogP contribution in [-0.2, 0) is 19.1 Å². The van der Waals surface area contributed by atoms with Crippen LogP contribution in [0.2, 0.25) is 0 Å². The predicted molar refractivity (Wildman–Crippen MR) is 120 cm³/mol. The lowest BCUT2D eigenvalue weighted by Gasteiger charge is -2.13. The summed E-state index contributed by atoms with van der Waals surface area (Å²) in [5.41, 5.74) is 1.72. The van der Waals surface area contributed by atoms with E-state index in [1.54, 1.807) is 36.4 Å². The number of hydrogen-bond acceptors (Lipinski definition) is 7. The molecule has 2 N–H and O–H groups in total. The number of ether oxygens (including phenoxy) is 4. The van der Waals surface area contributed by atoms with Gasteiger partial charge in [-0.3, -0.25) is 9.59 Å². The molecule has 0 saturated carbocycles. The zero-order chi connectivity index (χ0) is 23.7. The number of benzene rings is 2. The normalized spacial score (nSPS) is 11.4. The maximum Gasteiger partial charge on any atom is 0.331 e. The largest absolute Gasteiger partial charge is 0.493 e. The van der Waals surface area contributed by atoms with E-state index in [2.05, 4.69) is 10.6 Å². The summed E-state index contributed by atoms with van der Waals surface area (Å²) in [6, 6.07) is 9.89. The van der Waals surface area contributed by atoms with Gasteiger partial charge in [0.25, 0.3) is 5.91 Å². The molecule has 1 atom stereocenters. The molecule has 0 aliphatic rings. The van der Waals surface area contributed by atoms with Crippen LogP contribution in [-0.4, -0.2) is 45.2 Å². The van der Waals surface area contributed by atoms with E-state index in [1.807, 2.05) is 0 Å². The Labute approximate surface area is 186 Å². The molecule has 0 spiro atoms. The number of anilines is 2. The zero-order valence-electron chi connectivity index (χ0n) is 18.6. The van der Waals surface area contributed by atoms with Crippen molar-refractivity contribution in [3.05, 3.63) is 48.0 Å². The van der Waals surface area contributed by atoms with E-state index in [1.165, 1.54) is 47.3 Å². The lowest BCUT2D eigenvalue weighted by atomic mass is 10.1. The third-order valence-corrected chi connectivity index (χ3v) is 4.23. The van der Waals surface area contributed by atoms with Crippen molar-refractivity contribution in [3.8, 4) is 17.2 Å². The molecule has 9 heteroatoms. The fraction of sp³-hybridized carbons (Fsp3) is 0.261. The van der Waals surface area contributed by atoms with Crippen molar-refractivity contribution >= 4 is 35.2 Å². The van der Waals surface area contributed by atoms with Crippen molar-refractivity contribution in [1.29, 1.82) is 0 Å². The average Bonchev–Trinajstić information content (AvgIpc) is 2.77. The van der Waals surface area contributed by atoms with Gasteiger partial charge in [0.15, 0.2) is 17.6 Å². The van der Waals surface area contributed by atoms with Crippen molar-refractivity contribution in [2.75, 3.05) is 32.0 Å². The molecule has 0 aliphatic heterocycles. The third kappa shape index (κ3) is 6.76. The van der Waals surface area contributed by atoms with Gasteiger partial charge < -0.3 is 29.6 Å². The minimum absolute atomic E-state index is 0.193. The molecular formula is C23H26N2O7. The minimum Gasteiger partial charge on any atom is -0.493 e. The van der Waals surface area contributed by atoms with Gasteiger partial charge in [-0.15, -0.1) is 0 Å². The summed E-state index contributed by atoms with van der Waals surface area (Å²) in [5.74, 6) is -0.0597. The molecule has 32 heavy (non-hydrogen) atoms. The van der Waals surface area contributed by atoms with Crippen LogP contribution in [0.3, 0.4) is 0 Å². The molecule has 0 saturated heterocycles. The first kappa shape index (κ1) is 24.3. The fourth-order valence-corrected chi connectivity index (χ4v) is 2.71. The number of nitrogens with one attached hydrogen (secondary N) is 2. The number of esters is 1. The lowest BCUT2D eigenvalue weighted by Crippen LogP contribution is -2.29. The summed E-state index contributed by atoms with van der Waals surface area (Å²) < 4.78 is 21.0. The van der Waals surface area contributed by atoms with Gasteiger partial charge in [0.2, 0.25) is 11.7 Å². The molecule has 0 bridgehead atoms. The number of hydrogen-bond donors (Lipinski definition) is 2. The molecular weight excluding hydrogens is 416 g/mol. The maximum atomic E-state index is 12.3. The van der Waals surface area contributed by atoms with Gasteiger partial charge >= 0.3 is 5.97 Å². The van der Waals surface area contributed by atoms with E-state index in [4.69, 9.17) is 18.9 Å². The fourth-order valence-electron chi connectivity index (χ4n) is 2.71. The summed E-state index contributed by atoms with van der Waals surface area (Å²) in [5, 5.41) is 5.28. The molecule has 1 unspecified atom stereocenters. The Kier molecular flexibility index (Phi) is 8.64. The molecule has 0 radical (unpaired) electrons. The number of carbonyl (C=O) groups is 3. The first-order valence-corrected chi connectivity index (χ1v) is 9.64. The predicted octanol–water partition coefficient (Wildman–Crippen LogP) is 3.25. The van der Waals surface area contributed by atoms with Gasteiger partial charge in [-0.25, -0.2) is 4.79 Å². The van der Waals surface area contributed by atoms with Crippen LogP contribution in [0.15, 0.2) is 42.5 Å². The molecule has 2 aromatic rings. The van der Waals surface area contributed by atoms with Gasteiger partial charge in [0, 0.05) is 24.4 Å². The monoisotopic (exact) mass is 442 g/mol. The van der Waals surface area contributed by atoms with Gasteiger partial charge in [-0.05, 0) is 55.0 Å². The zero-order valence-corrected chi connectivity index (χ0v) is 18.6. The topological polar surface area (TPSA) is 112 Å². The van der Waals surface area contributed by atoms with Crippen LogP contribution in [0.4, 0.5) is 11.4 Å². The molecule has 0 heterocycles. The minimum atomic E-state index is -1.03. The lowest BCUT2D eigenvalue weighted by molar-refractivity contribution is -0.148. The second-order valence-corrected chi connectivity index (χ2v) is 6.62. The SMILES string of the molecule is COc1cc(/C=C/C(=O)OC(C)C(=O)Nc2ccc(NC(C)=O)cc2)cc(OC)c1OC. The Morgan fingerprint density at radius 2 is 1.41 bits per heavy atom. The molecule has 2 aromatic carbocycles. The molecule has 9 nitrogen and oxygen atoms in total. The second-order valence-electron chi connectivity index (χ2n) is 6.62. The summed E-state index contributed by atoms with van der Waals surface area (Å²) in [4.78, 5) is 35.5. The highest BCUT2D eigenvalue weighted by Gasteiger charge is 2.17. The highest BCUT2D eigenvalue weighted by atomic mass is 16.5. The van der Waals surface area contributed by atoms with E-state index in [9.17, 15) is 14.4 Å². The molecule has 0 fully saturated rings. The number of amides is 2. The van der Waals surface area contributed by atoms with E-state index in [0.29, 0.717) is 34.2 Å². The molecule has 0 aliphatic carbocycles. The van der Waals surface area contributed by atoms with Crippen molar-refractivity contribution < 1.29 is 33.3 Å². The van der Waals surface area contributed by atoms with E-state index < -0.39 is 18.0 Å². The van der Waals surface area contributed by atoms with Crippen LogP contribution in [0.1, 0.15) is 19.4 Å². The van der Waals surface area contributed by atoms with Crippen LogP contribution in [0.5, 0.6) is 17.2 Å². The number of rotatable bonds is 9. The molecule has 2 rings (SSSR count). The van der Waals surface area contributed by atoms with Crippen molar-refractivity contribution in [2.45, 2.75) is 20.0 Å². The second kappa shape index (κ2) is 11.4. The number of carbonyl (C=O) groups excluding carboxylic acids is 3. The maximum absolute atomic E-state index is 12.3. The van der Waals surface area contributed by atoms with Gasteiger partial charge in [0.05, 0.1) is 21.3 Å². The van der Waals surface area contributed by atoms with Crippen LogP contribution in [0, 0.1) is 0 Å². The Bertz CT molecular complexity index is 975. The quantitative estimate of drug-likeness (QED) is 0.453. The molecule has 0 aromatic heterocycles. The van der Waals surface area contributed by atoms with E-state index in [0.717, 1.165) is 0 Å². The van der Waals surface area contributed by atoms with Gasteiger partial charge in [-0.1, -0.05) is 0 Å². The Balaban J connectivity index is 1.98. The molecule has 170 valence electrons. The van der Waals surface area contributed by atoms with Crippen LogP contribution < -0.4 is 24.8 Å². The summed E-state index contributed by atoms with van der Waals surface area (Å²) in [7, 11) is 4.48. The van der Waals surface area contributed by atoms with Gasteiger partial charge in [-0.2, -0.15) is 0 Å². The highest BCUT2D eigenvalue weighted by Crippen LogP contribution is 2.38. The van der Waals surface area contributed by atoms with E-state index in [-0.39, 0.29) is 5.91 Å². The Morgan fingerprint density at radius 1 is 0.875 bits per heavy atom. The first-order valence-electron chi connectivity index (χ1n) is 9.64. The average molecular weight is 442 g/mol. The Morgan fingerprint density at radius 3 is 1.88 bits per heavy atom. The third-order valence-electron chi connectivity index (χ3n) is 4.23. The van der Waals surface area contributed by atoms with E-state index >= 15 is 0 Å². The smallest absolute Gasteiger partial charge is 0.331 e. The van der Waals surface area contributed by atoms with Crippen molar-refractivity contribution in [3.63, 3.8) is 0 Å². The van der Waals surface area contributed by atoms with Crippen molar-refractivity contribution in [1.82, 2.24) is 0 Å². The van der Waals surface area contributed by atoms with Crippen LogP contribution >= 0.6 is 0 Å². The first-order chi connectivity index (χ1) is 15.3. The highest BCUT2D eigenvalue weighted by molar-refractivity contribution is 5.97. The van der Waals surface area contributed by atoms with Gasteiger partial charge in [0.1, 0.15) is 0 Å². The van der Waals surface area contributed by atoms with Crippen molar-refractivity contribution in [2.24, 2.45) is 0 Å². The molecule has 2 amide bonds. The van der Waals surface area contributed by atoms with Crippen LogP contribution in [0.25, 0.3) is 6.08 Å². The summed E-state index contributed by atoms with van der Waals surface area (Å²) in [6.45, 7) is 2.87. The standard InChI is InChI=1S/C23H26N2O7/c1-14(23(28)25-18-9-7-17(8-10-18)24-15(2)26)32-21(27)11-6-16-12-19(29-3)22(31-5)20(13-16)30-4/h6-14H,1-5H3,(H,24,26)(H,25,28)/b11-6+.